The predicted molar refractivity (Wildman–Crippen MR) is 64.2 cm³/mol. The molecule has 2 aromatic rings. The number of esters is 1. The summed E-state index contributed by atoms with van der Waals surface area (Å²) in [5.74, 6) is -0.461. The third kappa shape index (κ3) is 2.71. The molecule has 0 aromatic carbocycles. The van der Waals surface area contributed by atoms with Crippen LogP contribution in [-0.4, -0.2) is 28.1 Å². The van der Waals surface area contributed by atoms with Crippen LogP contribution in [0.25, 0.3) is 0 Å². The second-order valence-electron chi connectivity index (χ2n) is 3.51. The standard InChI is InChI=1S/C11H13N3O2S/c1-3-8-4-5-9(17-8)6-14-7-10(12-13-14)11(15)16-2/h4-5,7H,3,6H2,1-2H3. The van der Waals surface area contributed by atoms with Crippen LogP contribution in [0.4, 0.5) is 0 Å². The molecule has 0 saturated heterocycles. The Bertz CT molecular complexity index is 518. The normalized spacial score (nSPS) is 10.5. The van der Waals surface area contributed by atoms with Crippen LogP contribution in [0.1, 0.15) is 27.2 Å². The van der Waals surface area contributed by atoms with E-state index in [9.17, 15) is 4.79 Å². The van der Waals surface area contributed by atoms with Gasteiger partial charge in [-0.3, -0.25) is 0 Å². The van der Waals surface area contributed by atoms with Gasteiger partial charge in [-0.05, 0) is 18.6 Å². The molecule has 0 N–H and O–H groups in total. The fourth-order valence-corrected chi connectivity index (χ4v) is 2.38. The Morgan fingerprint density at radius 3 is 2.88 bits per heavy atom. The molecule has 0 bridgehead atoms. The maximum atomic E-state index is 11.2. The second-order valence-corrected chi connectivity index (χ2v) is 4.77. The van der Waals surface area contributed by atoms with Gasteiger partial charge in [0.25, 0.3) is 0 Å². The van der Waals surface area contributed by atoms with E-state index in [1.807, 2.05) is 0 Å². The van der Waals surface area contributed by atoms with Crippen LogP contribution >= 0.6 is 11.3 Å². The van der Waals surface area contributed by atoms with E-state index in [0.29, 0.717) is 6.54 Å². The quantitative estimate of drug-likeness (QED) is 0.777. The maximum absolute atomic E-state index is 11.2. The molecule has 0 aliphatic carbocycles. The lowest BCUT2D eigenvalue weighted by atomic mass is 10.3. The minimum absolute atomic E-state index is 0.236. The number of thiophene rings is 1. The highest BCUT2D eigenvalue weighted by Crippen LogP contribution is 2.17. The molecule has 0 fully saturated rings. The van der Waals surface area contributed by atoms with E-state index in [0.717, 1.165) is 6.42 Å². The number of ether oxygens (including phenoxy) is 1. The number of aromatic nitrogens is 3. The van der Waals surface area contributed by atoms with Gasteiger partial charge in [0, 0.05) is 9.75 Å². The number of nitrogens with zero attached hydrogens (tertiary/aromatic N) is 3. The summed E-state index contributed by atoms with van der Waals surface area (Å²) < 4.78 is 6.21. The molecule has 17 heavy (non-hydrogen) atoms. The lowest BCUT2D eigenvalue weighted by Gasteiger charge is -1.95. The van der Waals surface area contributed by atoms with E-state index in [1.54, 1.807) is 22.2 Å². The fraction of sp³-hybridized carbons (Fsp3) is 0.364. The zero-order valence-electron chi connectivity index (χ0n) is 9.71. The zero-order chi connectivity index (χ0) is 12.3. The van der Waals surface area contributed by atoms with Crippen molar-refractivity contribution in [3.05, 3.63) is 33.8 Å². The SMILES string of the molecule is CCc1ccc(Cn2cc(C(=O)OC)nn2)s1. The summed E-state index contributed by atoms with van der Waals surface area (Å²) in [6, 6.07) is 4.18. The van der Waals surface area contributed by atoms with Crippen molar-refractivity contribution in [2.45, 2.75) is 19.9 Å². The molecule has 0 radical (unpaired) electrons. The van der Waals surface area contributed by atoms with E-state index < -0.39 is 5.97 Å². The largest absolute Gasteiger partial charge is 0.464 e. The molecule has 2 aromatic heterocycles. The Kier molecular flexibility index (Phi) is 3.53. The van der Waals surface area contributed by atoms with Crippen molar-refractivity contribution in [2.75, 3.05) is 7.11 Å². The second kappa shape index (κ2) is 5.09. The van der Waals surface area contributed by atoms with Gasteiger partial charge in [0.1, 0.15) is 0 Å². The monoisotopic (exact) mass is 251 g/mol. The van der Waals surface area contributed by atoms with Crippen LogP contribution in [0, 0.1) is 0 Å². The van der Waals surface area contributed by atoms with Crippen molar-refractivity contribution >= 4 is 17.3 Å². The van der Waals surface area contributed by atoms with Crippen LogP contribution in [0.2, 0.25) is 0 Å². The summed E-state index contributed by atoms with van der Waals surface area (Å²) in [4.78, 5) is 13.7. The van der Waals surface area contributed by atoms with E-state index in [4.69, 9.17) is 0 Å². The molecule has 0 aliphatic heterocycles. The molecular weight excluding hydrogens is 238 g/mol. The van der Waals surface area contributed by atoms with Crippen molar-refractivity contribution < 1.29 is 9.53 Å². The first-order valence-electron chi connectivity index (χ1n) is 5.29. The molecule has 0 atom stereocenters. The minimum Gasteiger partial charge on any atom is -0.464 e. The summed E-state index contributed by atoms with van der Waals surface area (Å²) >= 11 is 1.75. The van der Waals surface area contributed by atoms with Gasteiger partial charge in [0.15, 0.2) is 5.69 Å². The minimum atomic E-state index is -0.461. The highest BCUT2D eigenvalue weighted by Gasteiger charge is 2.10. The van der Waals surface area contributed by atoms with Crippen molar-refractivity contribution in [2.24, 2.45) is 0 Å². The number of carbonyl (C=O) groups excluding carboxylic acids is 1. The summed E-state index contributed by atoms with van der Waals surface area (Å²) in [6.07, 6.45) is 2.63. The first-order chi connectivity index (χ1) is 8.22. The van der Waals surface area contributed by atoms with Gasteiger partial charge in [-0.15, -0.1) is 16.4 Å². The molecule has 5 nitrogen and oxygen atoms in total. The topological polar surface area (TPSA) is 57.0 Å². The summed E-state index contributed by atoms with van der Waals surface area (Å²) in [6.45, 7) is 2.76. The van der Waals surface area contributed by atoms with Crippen molar-refractivity contribution in [3.8, 4) is 0 Å². The first-order valence-corrected chi connectivity index (χ1v) is 6.10. The smallest absolute Gasteiger partial charge is 0.360 e. The van der Waals surface area contributed by atoms with Gasteiger partial charge in [0.2, 0.25) is 0 Å². The van der Waals surface area contributed by atoms with Crippen molar-refractivity contribution in [3.63, 3.8) is 0 Å². The molecule has 0 amide bonds. The van der Waals surface area contributed by atoms with E-state index in [2.05, 4.69) is 34.1 Å². The van der Waals surface area contributed by atoms with Crippen LogP contribution in [0.3, 0.4) is 0 Å². The number of carbonyl (C=O) groups is 1. The van der Waals surface area contributed by atoms with E-state index in [-0.39, 0.29) is 5.69 Å². The van der Waals surface area contributed by atoms with Gasteiger partial charge in [-0.25, -0.2) is 9.48 Å². The Labute approximate surface area is 103 Å². The Morgan fingerprint density at radius 2 is 2.24 bits per heavy atom. The van der Waals surface area contributed by atoms with E-state index in [1.165, 1.54) is 16.9 Å². The van der Waals surface area contributed by atoms with E-state index >= 15 is 0 Å². The number of hydrogen-bond acceptors (Lipinski definition) is 5. The lowest BCUT2D eigenvalue weighted by Crippen LogP contribution is -2.01. The maximum Gasteiger partial charge on any atom is 0.360 e. The zero-order valence-corrected chi connectivity index (χ0v) is 10.5. The summed E-state index contributed by atoms with van der Waals surface area (Å²) in [5, 5.41) is 7.64. The number of rotatable bonds is 4. The molecule has 2 rings (SSSR count). The molecular formula is C11H13N3O2S. The summed E-state index contributed by atoms with van der Waals surface area (Å²) in [7, 11) is 1.33. The van der Waals surface area contributed by atoms with Crippen molar-refractivity contribution in [1.29, 1.82) is 0 Å². The molecule has 0 unspecified atom stereocenters. The third-order valence-electron chi connectivity index (χ3n) is 2.32. The van der Waals surface area contributed by atoms with Crippen LogP contribution in [0.5, 0.6) is 0 Å². The van der Waals surface area contributed by atoms with Gasteiger partial charge >= 0.3 is 5.97 Å². The Morgan fingerprint density at radius 1 is 1.47 bits per heavy atom. The molecule has 6 heteroatoms. The number of aryl methyl sites for hydroxylation is 1. The van der Waals surface area contributed by atoms with Gasteiger partial charge < -0.3 is 4.74 Å². The average Bonchev–Trinajstić information content (AvgIpc) is 2.97. The van der Waals surface area contributed by atoms with Crippen LogP contribution in [-0.2, 0) is 17.7 Å². The third-order valence-corrected chi connectivity index (χ3v) is 3.53. The molecule has 0 aliphatic rings. The van der Waals surface area contributed by atoms with Crippen LogP contribution in [0.15, 0.2) is 18.3 Å². The van der Waals surface area contributed by atoms with Gasteiger partial charge in [0.05, 0.1) is 19.9 Å². The van der Waals surface area contributed by atoms with Gasteiger partial charge in [-0.1, -0.05) is 12.1 Å². The predicted octanol–water partition coefficient (Wildman–Crippen LogP) is 1.74. The van der Waals surface area contributed by atoms with Gasteiger partial charge in [-0.2, -0.15) is 0 Å². The average molecular weight is 251 g/mol. The lowest BCUT2D eigenvalue weighted by molar-refractivity contribution is 0.0594. The number of hydrogen-bond donors (Lipinski definition) is 0. The van der Waals surface area contributed by atoms with Crippen molar-refractivity contribution in [1.82, 2.24) is 15.0 Å². The highest BCUT2D eigenvalue weighted by molar-refractivity contribution is 7.11. The van der Waals surface area contributed by atoms with Crippen LogP contribution < -0.4 is 0 Å². The Hall–Kier alpha value is -1.69. The Balaban J connectivity index is 2.08. The highest BCUT2D eigenvalue weighted by atomic mass is 32.1. The summed E-state index contributed by atoms with van der Waals surface area (Å²) in [5.41, 5.74) is 0.236. The first kappa shape index (κ1) is 11.8. The fourth-order valence-electron chi connectivity index (χ4n) is 1.43. The molecule has 90 valence electrons. The number of methoxy groups -OCH3 is 1. The molecule has 0 spiro atoms. The molecule has 2 heterocycles. The molecule has 0 saturated carbocycles.